The Balaban J connectivity index is 1.72. The van der Waals surface area contributed by atoms with Crippen LogP contribution in [0, 0.1) is 5.92 Å². The van der Waals surface area contributed by atoms with Crippen molar-refractivity contribution in [2.45, 2.75) is 6.42 Å². The summed E-state index contributed by atoms with van der Waals surface area (Å²) in [5, 5.41) is 14.3. The first-order chi connectivity index (χ1) is 10.8. The number of hydrogen-bond acceptors (Lipinski definition) is 5. The molecule has 114 valence electrons. The predicted octanol–water partition coefficient (Wildman–Crippen LogP) is 3.14. The standard InChI is InChI=1S/C16H16ClN3O2/c17-12-3-4-14-15(7-12)19-10-20-16(14)18-8-11(9-21)6-13-2-1-5-22-13/h1-5,7,10-11,21H,6,8-9H2,(H,18,19,20). The van der Waals surface area contributed by atoms with E-state index in [1.807, 2.05) is 24.3 Å². The van der Waals surface area contributed by atoms with Crippen LogP contribution in [-0.4, -0.2) is 28.2 Å². The zero-order chi connectivity index (χ0) is 15.4. The van der Waals surface area contributed by atoms with Crippen molar-refractivity contribution in [3.63, 3.8) is 0 Å². The van der Waals surface area contributed by atoms with Crippen molar-refractivity contribution in [2.75, 3.05) is 18.5 Å². The molecule has 2 aromatic heterocycles. The molecular formula is C16H16ClN3O2. The molecule has 0 fully saturated rings. The van der Waals surface area contributed by atoms with Gasteiger partial charge in [0.25, 0.3) is 0 Å². The van der Waals surface area contributed by atoms with Crippen LogP contribution in [0.4, 0.5) is 5.82 Å². The number of hydrogen-bond donors (Lipinski definition) is 2. The molecule has 0 radical (unpaired) electrons. The zero-order valence-corrected chi connectivity index (χ0v) is 12.6. The average molecular weight is 318 g/mol. The van der Waals surface area contributed by atoms with Crippen LogP contribution in [-0.2, 0) is 6.42 Å². The van der Waals surface area contributed by atoms with Crippen molar-refractivity contribution in [1.29, 1.82) is 0 Å². The Morgan fingerprint density at radius 2 is 2.18 bits per heavy atom. The molecule has 1 unspecified atom stereocenters. The molecule has 0 aliphatic rings. The SMILES string of the molecule is OCC(CNc1ncnc2cc(Cl)ccc12)Cc1ccco1. The summed E-state index contributed by atoms with van der Waals surface area (Å²) in [5.74, 6) is 1.64. The maximum absolute atomic E-state index is 9.52. The second-order valence-electron chi connectivity index (χ2n) is 5.10. The van der Waals surface area contributed by atoms with E-state index in [1.54, 1.807) is 12.3 Å². The Hall–Kier alpha value is -2.11. The van der Waals surface area contributed by atoms with Crippen molar-refractivity contribution in [3.8, 4) is 0 Å². The first-order valence-electron chi connectivity index (χ1n) is 7.03. The largest absolute Gasteiger partial charge is 0.469 e. The van der Waals surface area contributed by atoms with Crippen molar-refractivity contribution in [1.82, 2.24) is 9.97 Å². The minimum Gasteiger partial charge on any atom is -0.469 e. The fourth-order valence-electron chi connectivity index (χ4n) is 2.33. The number of aromatic nitrogens is 2. The lowest BCUT2D eigenvalue weighted by molar-refractivity contribution is 0.226. The average Bonchev–Trinajstić information content (AvgIpc) is 3.04. The quantitative estimate of drug-likeness (QED) is 0.731. The lowest BCUT2D eigenvalue weighted by Crippen LogP contribution is -2.20. The molecule has 0 amide bonds. The summed E-state index contributed by atoms with van der Waals surface area (Å²) >= 11 is 5.98. The van der Waals surface area contributed by atoms with Crippen LogP contribution in [0.5, 0.6) is 0 Å². The van der Waals surface area contributed by atoms with E-state index in [0.29, 0.717) is 18.0 Å². The van der Waals surface area contributed by atoms with Crippen LogP contribution in [0.25, 0.3) is 10.9 Å². The van der Waals surface area contributed by atoms with Gasteiger partial charge in [0.05, 0.1) is 11.8 Å². The normalized spacial score (nSPS) is 12.5. The molecule has 3 rings (SSSR count). The summed E-state index contributed by atoms with van der Waals surface area (Å²) in [6, 6.07) is 9.25. The van der Waals surface area contributed by atoms with E-state index in [-0.39, 0.29) is 12.5 Å². The maximum Gasteiger partial charge on any atom is 0.137 e. The minimum absolute atomic E-state index is 0.0449. The molecule has 0 spiro atoms. The number of anilines is 1. The lowest BCUT2D eigenvalue weighted by atomic mass is 10.1. The summed E-state index contributed by atoms with van der Waals surface area (Å²) in [4.78, 5) is 8.48. The van der Waals surface area contributed by atoms with Gasteiger partial charge in [0.15, 0.2) is 0 Å². The van der Waals surface area contributed by atoms with E-state index in [9.17, 15) is 5.11 Å². The number of nitrogens with zero attached hydrogens (tertiary/aromatic N) is 2. The second kappa shape index (κ2) is 6.77. The third kappa shape index (κ3) is 3.37. The molecule has 1 atom stereocenters. The number of benzene rings is 1. The fraction of sp³-hybridized carbons (Fsp3) is 0.250. The van der Waals surface area contributed by atoms with Gasteiger partial charge in [-0.2, -0.15) is 0 Å². The van der Waals surface area contributed by atoms with Crippen LogP contribution < -0.4 is 5.32 Å². The Morgan fingerprint density at radius 3 is 2.95 bits per heavy atom. The Kier molecular flexibility index (Phi) is 4.56. The van der Waals surface area contributed by atoms with E-state index >= 15 is 0 Å². The summed E-state index contributed by atoms with van der Waals surface area (Å²) < 4.78 is 5.32. The maximum atomic E-state index is 9.52. The lowest BCUT2D eigenvalue weighted by Gasteiger charge is -2.15. The molecule has 3 aromatic rings. The number of furan rings is 1. The third-order valence-electron chi connectivity index (χ3n) is 3.48. The molecule has 0 saturated carbocycles. The van der Waals surface area contributed by atoms with E-state index in [4.69, 9.17) is 16.0 Å². The van der Waals surface area contributed by atoms with Gasteiger partial charge in [-0.05, 0) is 30.3 Å². The molecule has 0 saturated heterocycles. The Morgan fingerprint density at radius 1 is 1.27 bits per heavy atom. The fourth-order valence-corrected chi connectivity index (χ4v) is 2.49. The molecular weight excluding hydrogens is 302 g/mol. The van der Waals surface area contributed by atoms with E-state index < -0.39 is 0 Å². The molecule has 2 heterocycles. The highest BCUT2D eigenvalue weighted by Crippen LogP contribution is 2.22. The van der Waals surface area contributed by atoms with Crippen LogP contribution >= 0.6 is 11.6 Å². The van der Waals surface area contributed by atoms with Crippen molar-refractivity contribution < 1.29 is 9.52 Å². The van der Waals surface area contributed by atoms with Gasteiger partial charge in [-0.1, -0.05) is 11.6 Å². The molecule has 22 heavy (non-hydrogen) atoms. The smallest absolute Gasteiger partial charge is 0.137 e. The highest BCUT2D eigenvalue weighted by atomic mass is 35.5. The third-order valence-corrected chi connectivity index (χ3v) is 3.72. The van der Waals surface area contributed by atoms with Gasteiger partial charge in [-0.25, -0.2) is 9.97 Å². The minimum atomic E-state index is 0.0449. The predicted molar refractivity (Wildman–Crippen MR) is 86.0 cm³/mol. The van der Waals surface area contributed by atoms with Gasteiger partial charge in [0.2, 0.25) is 0 Å². The highest BCUT2D eigenvalue weighted by molar-refractivity contribution is 6.31. The Labute approximate surface area is 133 Å². The number of rotatable bonds is 6. The van der Waals surface area contributed by atoms with Crippen LogP contribution in [0.3, 0.4) is 0 Å². The highest BCUT2D eigenvalue weighted by Gasteiger charge is 2.12. The Bertz CT molecular complexity index is 746. The van der Waals surface area contributed by atoms with Crippen LogP contribution in [0.2, 0.25) is 5.02 Å². The van der Waals surface area contributed by atoms with Gasteiger partial charge >= 0.3 is 0 Å². The number of nitrogens with one attached hydrogen (secondary N) is 1. The van der Waals surface area contributed by atoms with Gasteiger partial charge in [-0.3, -0.25) is 0 Å². The summed E-state index contributed by atoms with van der Waals surface area (Å²) in [5.41, 5.74) is 0.789. The molecule has 0 bridgehead atoms. The van der Waals surface area contributed by atoms with Crippen molar-refractivity contribution in [3.05, 3.63) is 53.7 Å². The monoisotopic (exact) mass is 317 g/mol. The number of aliphatic hydroxyl groups is 1. The molecule has 5 nitrogen and oxygen atoms in total. The topological polar surface area (TPSA) is 71.2 Å². The van der Waals surface area contributed by atoms with Gasteiger partial charge in [0, 0.05) is 35.9 Å². The number of aliphatic hydroxyl groups excluding tert-OH is 1. The van der Waals surface area contributed by atoms with Crippen molar-refractivity contribution >= 4 is 28.3 Å². The van der Waals surface area contributed by atoms with E-state index in [0.717, 1.165) is 22.5 Å². The molecule has 0 aliphatic carbocycles. The van der Waals surface area contributed by atoms with Crippen LogP contribution in [0.15, 0.2) is 47.3 Å². The van der Waals surface area contributed by atoms with Crippen molar-refractivity contribution in [2.24, 2.45) is 5.92 Å². The summed E-state index contributed by atoms with van der Waals surface area (Å²) in [7, 11) is 0. The van der Waals surface area contributed by atoms with Crippen LogP contribution in [0.1, 0.15) is 5.76 Å². The van der Waals surface area contributed by atoms with Gasteiger partial charge < -0.3 is 14.8 Å². The number of fused-ring (bicyclic) bond motifs is 1. The van der Waals surface area contributed by atoms with E-state index in [1.165, 1.54) is 6.33 Å². The molecule has 0 aliphatic heterocycles. The second-order valence-corrected chi connectivity index (χ2v) is 5.53. The molecule has 6 heteroatoms. The first-order valence-corrected chi connectivity index (χ1v) is 7.41. The molecule has 1 aromatic carbocycles. The number of halogens is 1. The van der Waals surface area contributed by atoms with E-state index in [2.05, 4.69) is 15.3 Å². The molecule has 2 N–H and O–H groups in total. The van der Waals surface area contributed by atoms with Gasteiger partial charge in [0.1, 0.15) is 17.9 Å². The summed E-state index contributed by atoms with van der Waals surface area (Å²) in [6.07, 6.45) is 3.81. The first kappa shape index (κ1) is 14.8. The van der Waals surface area contributed by atoms with Gasteiger partial charge in [-0.15, -0.1) is 0 Å². The summed E-state index contributed by atoms with van der Waals surface area (Å²) in [6.45, 7) is 0.661. The zero-order valence-electron chi connectivity index (χ0n) is 11.9.